The van der Waals surface area contributed by atoms with E-state index in [1.807, 2.05) is 49.4 Å². The summed E-state index contributed by atoms with van der Waals surface area (Å²) in [6.07, 6.45) is 0. The number of para-hydroxylation sites is 2. The molecule has 116 valence electrons. The number of anilines is 5. The molecule has 0 saturated carbocycles. The Balaban J connectivity index is 1.84. The number of nitrogen functional groups attached to an aromatic ring is 1. The van der Waals surface area contributed by atoms with E-state index >= 15 is 0 Å². The molecule has 0 aliphatic rings. The van der Waals surface area contributed by atoms with E-state index in [9.17, 15) is 4.39 Å². The van der Waals surface area contributed by atoms with Crippen LogP contribution < -0.4 is 16.4 Å². The van der Waals surface area contributed by atoms with Crippen LogP contribution in [-0.2, 0) is 0 Å². The van der Waals surface area contributed by atoms with Gasteiger partial charge in [0.1, 0.15) is 5.82 Å². The number of rotatable bonds is 4. The SMILES string of the molecule is Cc1ccc(Nc2ccccc2N)cc1Nc1ccc(F)cc1. The van der Waals surface area contributed by atoms with Gasteiger partial charge in [-0.15, -0.1) is 0 Å². The van der Waals surface area contributed by atoms with Crippen LogP contribution in [0.5, 0.6) is 0 Å². The number of hydrogen-bond acceptors (Lipinski definition) is 3. The molecule has 4 heteroatoms. The molecule has 0 atom stereocenters. The summed E-state index contributed by atoms with van der Waals surface area (Å²) >= 11 is 0. The molecule has 3 aromatic carbocycles. The highest BCUT2D eigenvalue weighted by molar-refractivity contribution is 5.75. The molecule has 0 amide bonds. The Morgan fingerprint density at radius 3 is 2.17 bits per heavy atom. The third kappa shape index (κ3) is 3.61. The average molecular weight is 307 g/mol. The van der Waals surface area contributed by atoms with Crippen molar-refractivity contribution in [3.63, 3.8) is 0 Å². The zero-order valence-corrected chi connectivity index (χ0v) is 12.8. The molecule has 0 bridgehead atoms. The summed E-state index contributed by atoms with van der Waals surface area (Å²) in [5, 5.41) is 6.61. The van der Waals surface area contributed by atoms with Gasteiger partial charge in [-0.25, -0.2) is 4.39 Å². The van der Waals surface area contributed by atoms with E-state index in [1.165, 1.54) is 12.1 Å². The van der Waals surface area contributed by atoms with E-state index in [1.54, 1.807) is 12.1 Å². The third-order valence-corrected chi connectivity index (χ3v) is 3.60. The predicted molar refractivity (Wildman–Crippen MR) is 95.0 cm³/mol. The highest BCUT2D eigenvalue weighted by Crippen LogP contribution is 2.28. The standard InChI is InChI=1S/C19H18FN3/c1-13-6-9-16(23-18-5-3-2-4-17(18)21)12-19(13)22-15-10-7-14(20)8-11-15/h2-12,22-23H,21H2,1H3. The average Bonchev–Trinajstić information content (AvgIpc) is 2.55. The maximum Gasteiger partial charge on any atom is 0.123 e. The smallest absolute Gasteiger partial charge is 0.123 e. The van der Waals surface area contributed by atoms with Gasteiger partial charge in [0.25, 0.3) is 0 Å². The first kappa shape index (κ1) is 14.9. The number of nitrogens with two attached hydrogens (primary N) is 1. The Hall–Kier alpha value is -3.01. The second-order valence-electron chi connectivity index (χ2n) is 5.37. The van der Waals surface area contributed by atoms with Gasteiger partial charge < -0.3 is 16.4 Å². The second-order valence-corrected chi connectivity index (χ2v) is 5.37. The largest absolute Gasteiger partial charge is 0.397 e. The lowest BCUT2D eigenvalue weighted by molar-refractivity contribution is 0.628. The fraction of sp³-hybridized carbons (Fsp3) is 0.0526. The number of aryl methyl sites for hydroxylation is 1. The minimum Gasteiger partial charge on any atom is -0.397 e. The molecular formula is C19H18FN3. The van der Waals surface area contributed by atoms with E-state index in [4.69, 9.17) is 5.73 Å². The molecule has 23 heavy (non-hydrogen) atoms. The van der Waals surface area contributed by atoms with Crippen LogP contribution in [0, 0.1) is 12.7 Å². The summed E-state index contributed by atoms with van der Waals surface area (Å²) in [7, 11) is 0. The van der Waals surface area contributed by atoms with Crippen LogP contribution in [0.3, 0.4) is 0 Å². The zero-order chi connectivity index (χ0) is 16.2. The summed E-state index contributed by atoms with van der Waals surface area (Å²) < 4.78 is 13.0. The Labute approximate surface area is 135 Å². The fourth-order valence-corrected chi connectivity index (χ4v) is 2.29. The molecule has 3 nitrogen and oxygen atoms in total. The number of halogens is 1. The monoisotopic (exact) mass is 307 g/mol. The minimum absolute atomic E-state index is 0.248. The number of benzene rings is 3. The molecule has 0 aromatic heterocycles. The van der Waals surface area contributed by atoms with E-state index in [-0.39, 0.29) is 5.82 Å². The highest BCUT2D eigenvalue weighted by atomic mass is 19.1. The first-order valence-electron chi connectivity index (χ1n) is 7.36. The van der Waals surface area contributed by atoms with E-state index in [0.29, 0.717) is 5.69 Å². The molecule has 0 heterocycles. The first-order chi connectivity index (χ1) is 11.1. The van der Waals surface area contributed by atoms with Gasteiger partial charge in [0.2, 0.25) is 0 Å². The molecule has 0 radical (unpaired) electrons. The second kappa shape index (κ2) is 6.40. The van der Waals surface area contributed by atoms with Gasteiger partial charge in [-0.3, -0.25) is 0 Å². The third-order valence-electron chi connectivity index (χ3n) is 3.60. The lowest BCUT2D eigenvalue weighted by Crippen LogP contribution is -1.98. The van der Waals surface area contributed by atoms with Crippen molar-refractivity contribution in [2.45, 2.75) is 6.92 Å². The van der Waals surface area contributed by atoms with Gasteiger partial charge in [-0.05, 0) is 61.0 Å². The quantitative estimate of drug-likeness (QED) is 0.580. The van der Waals surface area contributed by atoms with Gasteiger partial charge in [0.15, 0.2) is 0 Å². The van der Waals surface area contributed by atoms with Crippen molar-refractivity contribution >= 4 is 28.4 Å². The topological polar surface area (TPSA) is 50.1 Å². The van der Waals surface area contributed by atoms with Crippen LogP contribution in [0.25, 0.3) is 0 Å². The molecule has 0 aliphatic carbocycles. The summed E-state index contributed by atoms with van der Waals surface area (Å²) in [5.41, 5.74) is 11.3. The van der Waals surface area contributed by atoms with Crippen LogP contribution >= 0.6 is 0 Å². The van der Waals surface area contributed by atoms with Gasteiger partial charge in [0.05, 0.1) is 11.4 Å². The lowest BCUT2D eigenvalue weighted by Gasteiger charge is -2.14. The minimum atomic E-state index is -0.248. The highest BCUT2D eigenvalue weighted by Gasteiger charge is 2.04. The summed E-state index contributed by atoms with van der Waals surface area (Å²) in [4.78, 5) is 0. The van der Waals surface area contributed by atoms with Crippen molar-refractivity contribution in [1.82, 2.24) is 0 Å². The summed E-state index contributed by atoms with van der Waals surface area (Å²) in [5.74, 6) is -0.248. The Bertz CT molecular complexity index is 813. The maximum absolute atomic E-state index is 13.0. The van der Waals surface area contributed by atoms with Crippen LogP contribution in [0.1, 0.15) is 5.56 Å². The van der Waals surface area contributed by atoms with Crippen LogP contribution in [0.15, 0.2) is 66.7 Å². The van der Waals surface area contributed by atoms with E-state index in [0.717, 1.165) is 28.3 Å². The van der Waals surface area contributed by atoms with Crippen molar-refractivity contribution in [2.75, 3.05) is 16.4 Å². The van der Waals surface area contributed by atoms with Crippen molar-refractivity contribution < 1.29 is 4.39 Å². The first-order valence-corrected chi connectivity index (χ1v) is 7.36. The van der Waals surface area contributed by atoms with Crippen LogP contribution in [0.4, 0.5) is 32.8 Å². The molecule has 0 aliphatic heterocycles. The van der Waals surface area contributed by atoms with Crippen molar-refractivity contribution in [3.05, 3.63) is 78.1 Å². The van der Waals surface area contributed by atoms with Gasteiger partial charge in [-0.2, -0.15) is 0 Å². The lowest BCUT2D eigenvalue weighted by atomic mass is 10.1. The summed E-state index contributed by atoms with van der Waals surface area (Å²) in [6, 6.07) is 19.9. The molecule has 0 spiro atoms. The van der Waals surface area contributed by atoms with Gasteiger partial charge >= 0.3 is 0 Å². The normalized spacial score (nSPS) is 10.3. The Morgan fingerprint density at radius 1 is 0.783 bits per heavy atom. The zero-order valence-electron chi connectivity index (χ0n) is 12.8. The molecular weight excluding hydrogens is 289 g/mol. The van der Waals surface area contributed by atoms with Crippen molar-refractivity contribution in [3.8, 4) is 0 Å². The molecule has 3 aromatic rings. The van der Waals surface area contributed by atoms with E-state index in [2.05, 4.69) is 10.6 Å². The molecule has 0 saturated heterocycles. The molecule has 3 rings (SSSR count). The fourth-order valence-electron chi connectivity index (χ4n) is 2.29. The van der Waals surface area contributed by atoms with Crippen LogP contribution in [-0.4, -0.2) is 0 Å². The van der Waals surface area contributed by atoms with Gasteiger partial charge in [0, 0.05) is 17.1 Å². The number of hydrogen-bond donors (Lipinski definition) is 3. The van der Waals surface area contributed by atoms with E-state index < -0.39 is 0 Å². The Kier molecular flexibility index (Phi) is 4.15. The predicted octanol–water partition coefficient (Wildman–Crippen LogP) is 5.20. The molecule has 0 fully saturated rings. The van der Waals surface area contributed by atoms with Crippen molar-refractivity contribution in [2.24, 2.45) is 0 Å². The van der Waals surface area contributed by atoms with Gasteiger partial charge in [-0.1, -0.05) is 18.2 Å². The molecule has 0 unspecified atom stereocenters. The maximum atomic E-state index is 13.0. The number of nitrogens with one attached hydrogen (secondary N) is 2. The van der Waals surface area contributed by atoms with Crippen molar-refractivity contribution in [1.29, 1.82) is 0 Å². The summed E-state index contributed by atoms with van der Waals surface area (Å²) in [6.45, 7) is 2.02. The molecule has 4 N–H and O–H groups in total. The van der Waals surface area contributed by atoms with Crippen LogP contribution in [0.2, 0.25) is 0 Å². The Morgan fingerprint density at radius 2 is 1.43 bits per heavy atom.